The molecule has 0 saturated carbocycles. The molecule has 16 heavy (non-hydrogen) atoms. The SMILES string of the molecule is Cc1ccc(F)c(CN(C)C(C)(C)CO)c1. The van der Waals surface area contributed by atoms with E-state index < -0.39 is 0 Å². The Labute approximate surface area is 96.7 Å². The van der Waals surface area contributed by atoms with Crippen LogP contribution in [0.15, 0.2) is 18.2 Å². The second-order valence-corrected chi connectivity index (χ2v) is 4.92. The number of likely N-dealkylation sites (N-methyl/N-ethyl adjacent to an activating group) is 1. The van der Waals surface area contributed by atoms with Gasteiger partial charge in [0.25, 0.3) is 0 Å². The van der Waals surface area contributed by atoms with Gasteiger partial charge >= 0.3 is 0 Å². The smallest absolute Gasteiger partial charge is 0.127 e. The number of nitrogens with zero attached hydrogens (tertiary/aromatic N) is 1. The number of aryl methyl sites for hydroxylation is 1. The van der Waals surface area contributed by atoms with E-state index in [9.17, 15) is 9.50 Å². The zero-order valence-electron chi connectivity index (χ0n) is 10.4. The van der Waals surface area contributed by atoms with Gasteiger partial charge in [-0.25, -0.2) is 4.39 Å². The molecule has 0 radical (unpaired) electrons. The number of halogens is 1. The first-order valence-electron chi connectivity index (χ1n) is 5.44. The lowest BCUT2D eigenvalue weighted by molar-refractivity contribution is 0.0725. The summed E-state index contributed by atoms with van der Waals surface area (Å²) in [6.07, 6.45) is 0. The van der Waals surface area contributed by atoms with Crippen LogP contribution >= 0.6 is 0 Å². The third-order valence-electron chi connectivity index (χ3n) is 3.03. The minimum Gasteiger partial charge on any atom is -0.394 e. The van der Waals surface area contributed by atoms with E-state index in [4.69, 9.17) is 0 Å². The Morgan fingerprint density at radius 3 is 2.56 bits per heavy atom. The summed E-state index contributed by atoms with van der Waals surface area (Å²) < 4.78 is 13.5. The molecule has 0 atom stereocenters. The van der Waals surface area contributed by atoms with Crippen LogP contribution in [-0.2, 0) is 6.54 Å². The summed E-state index contributed by atoms with van der Waals surface area (Å²) in [6.45, 7) is 6.36. The molecule has 3 heteroatoms. The molecule has 1 N–H and O–H groups in total. The standard InChI is InChI=1S/C13H20FNO/c1-10-5-6-12(14)11(7-10)8-15(4)13(2,3)9-16/h5-7,16H,8-9H2,1-4H3. The van der Waals surface area contributed by atoms with Gasteiger partial charge < -0.3 is 5.11 Å². The van der Waals surface area contributed by atoms with Crippen molar-refractivity contribution in [2.75, 3.05) is 13.7 Å². The summed E-state index contributed by atoms with van der Waals surface area (Å²) in [4.78, 5) is 1.95. The molecule has 2 nitrogen and oxygen atoms in total. The molecule has 0 heterocycles. The predicted octanol–water partition coefficient (Wildman–Crippen LogP) is 2.34. The van der Waals surface area contributed by atoms with Gasteiger partial charge in [0.05, 0.1) is 6.61 Å². The molecule has 0 unspecified atom stereocenters. The average molecular weight is 225 g/mol. The zero-order valence-corrected chi connectivity index (χ0v) is 10.4. The molecular formula is C13H20FNO. The Balaban J connectivity index is 2.84. The third-order valence-corrected chi connectivity index (χ3v) is 3.03. The van der Waals surface area contributed by atoms with Gasteiger partial charge in [0.1, 0.15) is 5.82 Å². The van der Waals surface area contributed by atoms with E-state index in [-0.39, 0.29) is 18.0 Å². The molecule has 0 bridgehead atoms. The van der Waals surface area contributed by atoms with Gasteiger partial charge in [0, 0.05) is 17.6 Å². The molecule has 90 valence electrons. The van der Waals surface area contributed by atoms with Crippen LogP contribution in [-0.4, -0.2) is 29.2 Å². The fourth-order valence-electron chi connectivity index (χ4n) is 1.41. The minimum atomic E-state index is -0.337. The highest BCUT2D eigenvalue weighted by Gasteiger charge is 2.23. The zero-order chi connectivity index (χ0) is 12.3. The summed E-state index contributed by atoms with van der Waals surface area (Å²) >= 11 is 0. The first-order chi connectivity index (χ1) is 7.36. The van der Waals surface area contributed by atoms with Gasteiger partial charge in [-0.2, -0.15) is 0 Å². The molecule has 1 aromatic carbocycles. The van der Waals surface area contributed by atoms with E-state index in [1.807, 2.05) is 38.8 Å². The largest absolute Gasteiger partial charge is 0.394 e. The maximum Gasteiger partial charge on any atom is 0.127 e. The highest BCUT2D eigenvalue weighted by molar-refractivity contribution is 5.24. The van der Waals surface area contributed by atoms with Crippen LogP contribution in [0.25, 0.3) is 0 Å². The molecule has 0 saturated heterocycles. The molecule has 0 amide bonds. The van der Waals surface area contributed by atoms with Crippen LogP contribution in [0.5, 0.6) is 0 Å². The first-order valence-corrected chi connectivity index (χ1v) is 5.44. The minimum absolute atomic E-state index is 0.0525. The van der Waals surface area contributed by atoms with Crippen molar-refractivity contribution in [1.82, 2.24) is 4.90 Å². The first kappa shape index (κ1) is 13.1. The monoisotopic (exact) mass is 225 g/mol. The lowest BCUT2D eigenvalue weighted by atomic mass is 10.0. The topological polar surface area (TPSA) is 23.5 Å². The Kier molecular flexibility index (Phi) is 4.05. The van der Waals surface area contributed by atoms with E-state index in [2.05, 4.69) is 0 Å². The fourth-order valence-corrected chi connectivity index (χ4v) is 1.41. The van der Waals surface area contributed by atoms with Crippen molar-refractivity contribution < 1.29 is 9.50 Å². The Bertz CT molecular complexity index is 363. The van der Waals surface area contributed by atoms with Crippen LogP contribution < -0.4 is 0 Å². The van der Waals surface area contributed by atoms with Crippen LogP contribution in [0, 0.1) is 12.7 Å². The third kappa shape index (κ3) is 3.03. The van der Waals surface area contributed by atoms with Crippen molar-refractivity contribution in [2.24, 2.45) is 0 Å². The Morgan fingerprint density at radius 2 is 2.00 bits per heavy atom. The average Bonchev–Trinajstić information content (AvgIpc) is 2.23. The summed E-state index contributed by atoms with van der Waals surface area (Å²) in [5.74, 6) is -0.189. The maximum absolute atomic E-state index is 13.5. The molecular weight excluding hydrogens is 205 g/mol. The van der Waals surface area contributed by atoms with Gasteiger partial charge in [-0.3, -0.25) is 4.90 Å². The van der Waals surface area contributed by atoms with Gasteiger partial charge in [0.15, 0.2) is 0 Å². The molecule has 0 aliphatic carbocycles. The highest BCUT2D eigenvalue weighted by Crippen LogP contribution is 2.18. The van der Waals surface area contributed by atoms with Crippen LogP contribution in [0.2, 0.25) is 0 Å². The Morgan fingerprint density at radius 1 is 1.38 bits per heavy atom. The van der Waals surface area contributed by atoms with E-state index in [1.54, 1.807) is 6.07 Å². The van der Waals surface area contributed by atoms with E-state index in [1.165, 1.54) is 6.07 Å². The molecule has 0 aliphatic rings. The number of hydrogen-bond donors (Lipinski definition) is 1. The number of aliphatic hydroxyl groups is 1. The van der Waals surface area contributed by atoms with Gasteiger partial charge in [-0.05, 0) is 33.9 Å². The number of aliphatic hydroxyl groups excluding tert-OH is 1. The van der Waals surface area contributed by atoms with Crippen molar-refractivity contribution in [3.8, 4) is 0 Å². The second-order valence-electron chi connectivity index (χ2n) is 4.92. The van der Waals surface area contributed by atoms with Crippen molar-refractivity contribution in [3.63, 3.8) is 0 Å². The summed E-state index contributed by atoms with van der Waals surface area (Å²) in [6, 6.07) is 5.10. The molecule has 0 spiro atoms. The number of benzene rings is 1. The van der Waals surface area contributed by atoms with Crippen molar-refractivity contribution in [3.05, 3.63) is 35.1 Å². The second kappa shape index (κ2) is 4.93. The van der Waals surface area contributed by atoms with Crippen molar-refractivity contribution >= 4 is 0 Å². The molecule has 1 aromatic rings. The quantitative estimate of drug-likeness (QED) is 0.850. The molecule has 0 aliphatic heterocycles. The maximum atomic E-state index is 13.5. The summed E-state index contributed by atoms with van der Waals surface area (Å²) in [5, 5.41) is 9.23. The van der Waals surface area contributed by atoms with Crippen molar-refractivity contribution in [1.29, 1.82) is 0 Å². The van der Waals surface area contributed by atoms with Crippen molar-refractivity contribution in [2.45, 2.75) is 32.9 Å². The fraction of sp³-hybridized carbons (Fsp3) is 0.538. The molecule has 0 aromatic heterocycles. The molecule has 1 rings (SSSR count). The number of rotatable bonds is 4. The predicted molar refractivity (Wildman–Crippen MR) is 63.8 cm³/mol. The summed E-state index contributed by atoms with van der Waals surface area (Å²) in [7, 11) is 1.89. The molecule has 0 fully saturated rings. The van der Waals surface area contributed by atoms with Gasteiger partial charge in [-0.15, -0.1) is 0 Å². The Hall–Kier alpha value is -0.930. The van der Waals surface area contributed by atoms with Gasteiger partial charge in [-0.1, -0.05) is 17.7 Å². The van der Waals surface area contributed by atoms with Gasteiger partial charge in [0.2, 0.25) is 0 Å². The van der Waals surface area contributed by atoms with E-state index in [0.717, 1.165) is 5.56 Å². The summed E-state index contributed by atoms with van der Waals surface area (Å²) in [5.41, 5.74) is 1.38. The lowest BCUT2D eigenvalue weighted by Gasteiger charge is -2.34. The number of hydrogen-bond acceptors (Lipinski definition) is 2. The highest BCUT2D eigenvalue weighted by atomic mass is 19.1. The van der Waals surface area contributed by atoms with Crippen LogP contribution in [0.3, 0.4) is 0 Å². The van der Waals surface area contributed by atoms with Crippen LogP contribution in [0.4, 0.5) is 4.39 Å². The van der Waals surface area contributed by atoms with E-state index in [0.29, 0.717) is 12.1 Å². The lowest BCUT2D eigenvalue weighted by Crippen LogP contribution is -2.43. The van der Waals surface area contributed by atoms with Crippen LogP contribution in [0.1, 0.15) is 25.0 Å². The van der Waals surface area contributed by atoms with E-state index >= 15 is 0 Å². The normalized spacial score (nSPS) is 12.2.